The van der Waals surface area contributed by atoms with Crippen molar-refractivity contribution in [1.82, 2.24) is 0 Å². The van der Waals surface area contributed by atoms with E-state index in [2.05, 4.69) is 22.5 Å². The quantitative estimate of drug-likeness (QED) is 0.354. The lowest BCUT2D eigenvalue weighted by atomic mass is 9.83. The van der Waals surface area contributed by atoms with E-state index in [1.54, 1.807) is 0 Å². The van der Waals surface area contributed by atoms with Crippen molar-refractivity contribution >= 4 is 38.6 Å². The Morgan fingerprint density at radius 2 is 1.62 bits per heavy atom. The largest absolute Gasteiger partial charge is 0.466 e. The monoisotopic (exact) mass is 452 g/mol. The summed E-state index contributed by atoms with van der Waals surface area (Å²) in [5, 5.41) is 2.08. The number of fused-ring (bicyclic) bond motifs is 1. The summed E-state index contributed by atoms with van der Waals surface area (Å²) in [6.07, 6.45) is -0.748. The zero-order chi connectivity index (χ0) is 21.0. The smallest absolute Gasteiger partial charge is 0.333 e. The molecule has 5 heteroatoms. The number of hydrogen-bond donors (Lipinski definition) is 0. The Balaban J connectivity index is 2.19. The van der Waals surface area contributed by atoms with Crippen molar-refractivity contribution in [2.75, 3.05) is 7.11 Å². The van der Waals surface area contributed by atoms with Gasteiger partial charge in [0, 0.05) is 17.0 Å². The van der Waals surface area contributed by atoms with Crippen LogP contribution in [0, 0.1) is 0 Å². The van der Waals surface area contributed by atoms with Crippen molar-refractivity contribution in [2.45, 2.75) is 18.9 Å². The Kier molecular flexibility index (Phi) is 6.49. The molecule has 148 valence electrons. The zero-order valence-corrected chi connectivity index (χ0v) is 17.8. The van der Waals surface area contributed by atoms with E-state index in [0.29, 0.717) is 0 Å². The summed E-state index contributed by atoms with van der Waals surface area (Å²) < 4.78 is 11.5. The van der Waals surface area contributed by atoms with Gasteiger partial charge >= 0.3 is 11.9 Å². The van der Waals surface area contributed by atoms with Gasteiger partial charge < -0.3 is 9.47 Å². The summed E-state index contributed by atoms with van der Waals surface area (Å²) in [7, 11) is 1.31. The molecule has 0 saturated heterocycles. The molecule has 3 aromatic rings. The molecule has 3 aromatic carbocycles. The number of hydrogen-bond acceptors (Lipinski definition) is 4. The number of halogens is 1. The van der Waals surface area contributed by atoms with E-state index in [1.807, 2.05) is 66.7 Å². The highest BCUT2D eigenvalue weighted by molar-refractivity contribution is 9.10. The highest BCUT2D eigenvalue weighted by Gasteiger charge is 2.34. The van der Waals surface area contributed by atoms with E-state index >= 15 is 0 Å². The number of rotatable bonds is 6. The molecule has 3 rings (SSSR count). The van der Waals surface area contributed by atoms with Gasteiger partial charge in [-0.25, -0.2) is 4.79 Å². The average Bonchev–Trinajstić information content (AvgIpc) is 2.73. The number of ether oxygens (including phenoxy) is 2. The van der Waals surface area contributed by atoms with Gasteiger partial charge in [0.2, 0.25) is 0 Å². The van der Waals surface area contributed by atoms with Crippen molar-refractivity contribution in [3.05, 3.63) is 94.5 Å². The van der Waals surface area contributed by atoms with Crippen LogP contribution in [0.2, 0.25) is 0 Å². The van der Waals surface area contributed by atoms with Gasteiger partial charge in [-0.3, -0.25) is 4.79 Å². The molecule has 2 atom stereocenters. The maximum atomic E-state index is 12.4. The second-order valence-corrected chi connectivity index (χ2v) is 7.51. The highest BCUT2D eigenvalue weighted by atomic mass is 79.9. The number of benzene rings is 3. The molecule has 0 spiro atoms. The molecule has 0 aliphatic heterocycles. The summed E-state index contributed by atoms with van der Waals surface area (Å²) >= 11 is 3.55. The van der Waals surface area contributed by atoms with E-state index in [9.17, 15) is 9.59 Å². The van der Waals surface area contributed by atoms with Crippen LogP contribution in [0.1, 0.15) is 30.1 Å². The minimum Gasteiger partial charge on any atom is -0.466 e. The molecule has 29 heavy (non-hydrogen) atoms. The van der Waals surface area contributed by atoms with Crippen LogP contribution in [0.4, 0.5) is 0 Å². The third-order valence-electron chi connectivity index (χ3n) is 4.76. The predicted molar refractivity (Wildman–Crippen MR) is 116 cm³/mol. The molecule has 0 aliphatic carbocycles. The number of esters is 2. The molecule has 0 unspecified atom stereocenters. The van der Waals surface area contributed by atoms with Gasteiger partial charge in [0.25, 0.3) is 0 Å². The highest BCUT2D eigenvalue weighted by Crippen LogP contribution is 2.42. The fourth-order valence-electron chi connectivity index (χ4n) is 3.41. The lowest BCUT2D eigenvalue weighted by molar-refractivity contribution is -0.148. The predicted octanol–water partition coefficient (Wildman–Crippen LogP) is 5.72. The SMILES string of the molecule is C=C(C(=O)OC)[C@@H](c1ccccc1Br)[C@H](OC(C)=O)c1ccc2ccccc2c1. The summed E-state index contributed by atoms with van der Waals surface area (Å²) in [4.78, 5) is 24.4. The first kappa shape index (κ1) is 20.8. The molecular formula is C24H21BrO4. The summed E-state index contributed by atoms with van der Waals surface area (Å²) in [5.74, 6) is -1.62. The van der Waals surface area contributed by atoms with Gasteiger partial charge in [0.1, 0.15) is 6.10 Å². The van der Waals surface area contributed by atoms with Crippen molar-refractivity contribution in [3.63, 3.8) is 0 Å². The van der Waals surface area contributed by atoms with Gasteiger partial charge in [-0.05, 0) is 34.0 Å². The Morgan fingerprint density at radius 1 is 0.966 bits per heavy atom. The standard InChI is InChI=1S/C24H21BrO4/c1-15(24(27)28-3)22(20-10-6-7-11-21(20)25)23(29-16(2)26)19-13-12-17-8-4-5-9-18(17)14-19/h4-14,22-23H,1H2,2-3H3/t22-,23+/m0/s1. The number of carbonyl (C=O) groups is 2. The van der Waals surface area contributed by atoms with Gasteiger partial charge in [-0.2, -0.15) is 0 Å². The van der Waals surface area contributed by atoms with Gasteiger partial charge in [-0.1, -0.05) is 77.1 Å². The maximum absolute atomic E-state index is 12.4. The third-order valence-corrected chi connectivity index (χ3v) is 5.48. The van der Waals surface area contributed by atoms with E-state index < -0.39 is 24.0 Å². The first-order chi connectivity index (χ1) is 13.9. The lowest BCUT2D eigenvalue weighted by Crippen LogP contribution is -2.23. The first-order valence-corrected chi connectivity index (χ1v) is 9.89. The van der Waals surface area contributed by atoms with Crippen LogP contribution in [0.5, 0.6) is 0 Å². The van der Waals surface area contributed by atoms with Crippen LogP contribution in [0.25, 0.3) is 10.8 Å². The van der Waals surface area contributed by atoms with E-state index in [-0.39, 0.29) is 5.57 Å². The number of carbonyl (C=O) groups excluding carboxylic acids is 2. The molecule has 0 N–H and O–H groups in total. The van der Waals surface area contributed by atoms with E-state index in [0.717, 1.165) is 26.4 Å². The fraction of sp³-hybridized carbons (Fsp3) is 0.167. The average molecular weight is 453 g/mol. The minimum atomic E-state index is -0.748. The summed E-state index contributed by atoms with van der Waals surface area (Å²) in [6.45, 7) is 5.33. The minimum absolute atomic E-state index is 0.207. The Hall–Kier alpha value is -2.92. The first-order valence-electron chi connectivity index (χ1n) is 9.10. The van der Waals surface area contributed by atoms with Crippen molar-refractivity contribution in [2.24, 2.45) is 0 Å². The molecule has 0 radical (unpaired) electrons. The van der Waals surface area contributed by atoms with Crippen LogP contribution in [0.15, 0.2) is 83.4 Å². The van der Waals surface area contributed by atoms with Crippen LogP contribution in [-0.4, -0.2) is 19.0 Å². The van der Waals surface area contributed by atoms with Crippen LogP contribution < -0.4 is 0 Å². The van der Waals surface area contributed by atoms with Crippen LogP contribution in [0.3, 0.4) is 0 Å². The Morgan fingerprint density at radius 3 is 2.28 bits per heavy atom. The molecule has 0 aromatic heterocycles. The molecule has 0 heterocycles. The Labute approximate surface area is 178 Å². The van der Waals surface area contributed by atoms with E-state index in [4.69, 9.17) is 9.47 Å². The normalized spacial score (nSPS) is 12.8. The third kappa shape index (κ3) is 4.57. The molecule has 0 fully saturated rings. The van der Waals surface area contributed by atoms with Gasteiger partial charge in [0.15, 0.2) is 0 Å². The van der Waals surface area contributed by atoms with Gasteiger partial charge in [0.05, 0.1) is 13.0 Å². The maximum Gasteiger partial charge on any atom is 0.333 e. The summed E-state index contributed by atoms with van der Waals surface area (Å²) in [5.41, 5.74) is 1.76. The number of methoxy groups -OCH3 is 1. The molecule has 0 amide bonds. The lowest BCUT2D eigenvalue weighted by Gasteiger charge is -2.29. The van der Waals surface area contributed by atoms with E-state index in [1.165, 1.54) is 14.0 Å². The van der Waals surface area contributed by atoms with Crippen LogP contribution in [-0.2, 0) is 19.1 Å². The van der Waals surface area contributed by atoms with Crippen molar-refractivity contribution in [1.29, 1.82) is 0 Å². The second kappa shape index (κ2) is 9.05. The fourth-order valence-corrected chi connectivity index (χ4v) is 3.94. The Bertz CT molecular complexity index is 1070. The molecule has 4 nitrogen and oxygen atoms in total. The molecular weight excluding hydrogens is 432 g/mol. The molecule has 0 bridgehead atoms. The van der Waals surface area contributed by atoms with Gasteiger partial charge in [-0.15, -0.1) is 0 Å². The second-order valence-electron chi connectivity index (χ2n) is 6.65. The molecule has 0 aliphatic rings. The molecule has 0 saturated carbocycles. The summed E-state index contributed by atoms with van der Waals surface area (Å²) in [6, 6.07) is 21.3. The van der Waals surface area contributed by atoms with Crippen molar-refractivity contribution in [3.8, 4) is 0 Å². The topological polar surface area (TPSA) is 52.6 Å². The zero-order valence-electron chi connectivity index (χ0n) is 16.2. The van der Waals surface area contributed by atoms with Crippen LogP contribution >= 0.6 is 15.9 Å². The van der Waals surface area contributed by atoms with Crippen molar-refractivity contribution < 1.29 is 19.1 Å².